The summed E-state index contributed by atoms with van der Waals surface area (Å²) in [4.78, 5) is 0. The van der Waals surface area contributed by atoms with Crippen molar-refractivity contribution in [3.8, 4) is 0 Å². The van der Waals surface area contributed by atoms with Gasteiger partial charge < -0.3 is 11.5 Å². The summed E-state index contributed by atoms with van der Waals surface area (Å²) in [5.74, 6) is 1.65. The monoisotopic (exact) mass is 783 g/mol. The molecule has 0 radical (unpaired) electrons. The van der Waals surface area contributed by atoms with Crippen LogP contribution in [-0.2, 0) is 5.41 Å². The van der Waals surface area contributed by atoms with Crippen LogP contribution in [0.25, 0.3) is 0 Å². The van der Waals surface area contributed by atoms with Gasteiger partial charge in [0.1, 0.15) is 0 Å². The van der Waals surface area contributed by atoms with Gasteiger partial charge in [-0.1, -0.05) is 216 Å². The lowest BCUT2D eigenvalue weighted by molar-refractivity contribution is 0.260. The van der Waals surface area contributed by atoms with E-state index < -0.39 is 0 Å². The third-order valence-corrected chi connectivity index (χ3v) is 14.1. The highest BCUT2D eigenvalue weighted by Gasteiger charge is 2.38. The molecular formula is C56H82N2. The Labute approximate surface area is 356 Å². The summed E-state index contributed by atoms with van der Waals surface area (Å²) in [5.41, 5.74) is 22.8. The molecule has 2 heteroatoms. The molecule has 2 atom stereocenters. The maximum Gasteiger partial charge on any atom is 0.0314 e. The Bertz CT molecular complexity index is 1530. The summed E-state index contributed by atoms with van der Waals surface area (Å²) in [6.07, 6.45) is 33.3. The maximum atomic E-state index is 6.17. The molecule has 4 aromatic carbocycles. The van der Waals surface area contributed by atoms with Crippen LogP contribution in [-0.4, -0.2) is 0 Å². The van der Waals surface area contributed by atoms with Crippen molar-refractivity contribution in [3.05, 3.63) is 130 Å². The molecule has 1 aliphatic carbocycles. The standard InChI is InChI=1S/C56H82N2/c1-4-7-9-11-13-15-17-19-21-23-54(48-29-37-52(57)38-30-48)46-25-33-50(34-26-46)56(43-41-45(6-3)42-44-56)51-35-27-47(28-36-51)55(49-31-39-53(58)40-32-49)24-22-20-18-16-14-12-10-8-5-2/h25-40,45,54-55H,4-24,41-44,57-58H2,1-3H3. The van der Waals surface area contributed by atoms with E-state index in [2.05, 4.69) is 118 Å². The number of nitrogen functional groups attached to an aromatic ring is 2. The van der Waals surface area contributed by atoms with Crippen molar-refractivity contribution in [2.45, 2.75) is 199 Å². The number of rotatable bonds is 27. The first kappa shape index (κ1) is 45.6. The van der Waals surface area contributed by atoms with Crippen molar-refractivity contribution in [2.75, 3.05) is 11.5 Å². The summed E-state index contributed by atoms with van der Waals surface area (Å²) in [6, 6.07) is 37.4. The van der Waals surface area contributed by atoms with Crippen LogP contribution in [0.3, 0.4) is 0 Å². The molecule has 0 aromatic heterocycles. The Kier molecular flexibility index (Phi) is 19.8. The van der Waals surface area contributed by atoms with Gasteiger partial charge in [-0.3, -0.25) is 0 Å². The van der Waals surface area contributed by atoms with Gasteiger partial charge in [0.25, 0.3) is 0 Å². The van der Waals surface area contributed by atoms with E-state index in [9.17, 15) is 0 Å². The van der Waals surface area contributed by atoms with E-state index in [0.29, 0.717) is 11.8 Å². The van der Waals surface area contributed by atoms with Crippen LogP contribution in [0.2, 0.25) is 0 Å². The van der Waals surface area contributed by atoms with Crippen molar-refractivity contribution in [1.82, 2.24) is 0 Å². The second-order valence-corrected chi connectivity index (χ2v) is 18.4. The quantitative estimate of drug-likeness (QED) is 0.0467. The Morgan fingerprint density at radius 3 is 1.02 bits per heavy atom. The van der Waals surface area contributed by atoms with E-state index in [4.69, 9.17) is 11.5 Å². The Balaban J connectivity index is 1.32. The number of unbranched alkanes of at least 4 members (excludes halogenated alkanes) is 16. The summed E-state index contributed by atoms with van der Waals surface area (Å²) >= 11 is 0. The van der Waals surface area contributed by atoms with Crippen LogP contribution in [0, 0.1) is 5.92 Å². The highest BCUT2D eigenvalue weighted by Crippen LogP contribution is 2.48. The summed E-state index contributed by atoms with van der Waals surface area (Å²) in [7, 11) is 0. The Hall–Kier alpha value is -3.52. The van der Waals surface area contributed by atoms with Crippen LogP contribution < -0.4 is 11.5 Å². The molecule has 2 unspecified atom stereocenters. The van der Waals surface area contributed by atoms with Gasteiger partial charge in [-0.2, -0.15) is 0 Å². The van der Waals surface area contributed by atoms with Gasteiger partial charge in [-0.25, -0.2) is 0 Å². The van der Waals surface area contributed by atoms with Gasteiger partial charge in [0.05, 0.1) is 0 Å². The minimum Gasteiger partial charge on any atom is -0.399 e. The van der Waals surface area contributed by atoms with Gasteiger partial charge in [-0.15, -0.1) is 0 Å². The topological polar surface area (TPSA) is 52.0 Å². The molecule has 316 valence electrons. The van der Waals surface area contributed by atoms with Gasteiger partial charge in [0.15, 0.2) is 0 Å². The first-order valence-electron chi connectivity index (χ1n) is 24.4. The van der Waals surface area contributed by atoms with Gasteiger partial charge in [0, 0.05) is 28.6 Å². The van der Waals surface area contributed by atoms with Crippen molar-refractivity contribution < 1.29 is 0 Å². The smallest absolute Gasteiger partial charge is 0.0314 e. The first-order valence-corrected chi connectivity index (χ1v) is 24.4. The molecule has 4 N–H and O–H groups in total. The van der Waals surface area contributed by atoms with Gasteiger partial charge in [-0.05, 0) is 102 Å². The third-order valence-electron chi connectivity index (χ3n) is 14.1. The van der Waals surface area contributed by atoms with Crippen LogP contribution in [0.1, 0.15) is 227 Å². The highest BCUT2D eigenvalue weighted by atomic mass is 14.5. The van der Waals surface area contributed by atoms with E-state index in [0.717, 1.165) is 17.3 Å². The van der Waals surface area contributed by atoms with Crippen LogP contribution >= 0.6 is 0 Å². The molecule has 0 spiro atoms. The number of benzene rings is 4. The fourth-order valence-corrected chi connectivity index (χ4v) is 10.2. The zero-order chi connectivity index (χ0) is 40.8. The van der Waals surface area contributed by atoms with Gasteiger partial charge in [0.2, 0.25) is 0 Å². The molecular weight excluding hydrogens is 701 g/mol. The van der Waals surface area contributed by atoms with Gasteiger partial charge >= 0.3 is 0 Å². The molecule has 58 heavy (non-hydrogen) atoms. The molecule has 2 nitrogen and oxygen atoms in total. The lowest BCUT2D eigenvalue weighted by Crippen LogP contribution is -2.33. The van der Waals surface area contributed by atoms with E-state index in [1.807, 2.05) is 0 Å². The molecule has 4 aromatic rings. The molecule has 0 amide bonds. The second-order valence-electron chi connectivity index (χ2n) is 18.4. The minimum atomic E-state index is 0.0599. The van der Waals surface area contributed by atoms with Crippen molar-refractivity contribution >= 4 is 11.4 Å². The second kappa shape index (κ2) is 25.2. The lowest BCUT2D eigenvalue weighted by atomic mass is 9.62. The first-order chi connectivity index (χ1) is 28.5. The predicted molar refractivity (Wildman–Crippen MR) is 255 cm³/mol. The predicted octanol–water partition coefficient (Wildman–Crippen LogP) is 16.8. The number of hydrogen-bond donors (Lipinski definition) is 2. The number of nitrogens with two attached hydrogens (primary N) is 2. The zero-order valence-electron chi connectivity index (χ0n) is 37.3. The third kappa shape index (κ3) is 13.8. The van der Waals surface area contributed by atoms with Crippen molar-refractivity contribution in [1.29, 1.82) is 0 Å². The normalized spacial score (nSPS) is 17.9. The zero-order valence-corrected chi connectivity index (χ0v) is 37.3. The number of hydrogen-bond acceptors (Lipinski definition) is 2. The van der Waals surface area contributed by atoms with Crippen LogP contribution in [0.5, 0.6) is 0 Å². The lowest BCUT2D eigenvalue weighted by Gasteiger charge is -2.41. The summed E-state index contributed by atoms with van der Waals surface area (Å²) < 4.78 is 0. The molecule has 5 rings (SSSR count). The average molecular weight is 783 g/mol. The highest BCUT2D eigenvalue weighted by molar-refractivity contribution is 5.47. The largest absolute Gasteiger partial charge is 0.399 e. The summed E-state index contributed by atoms with van der Waals surface area (Å²) in [6.45, 7) is 6.99. The molecule has 1 fully saturated rings. The van der Waals surface area contributed by atoms with Crippen molar-refractivity contribution in [3.63, 3.8) is 0 Å². The molecule has 0 heterocycles. The molecule has 0 bridgehead atoms. The SMILES string of the molecule is CCCCCCCCCCCC(c1ccc(N)cc1)c1ccc(C2(c3ccc(C(CCCCCCCCCCC)c4ccc(N)cc4)cc3)CCC(CC)CC2)cc1. The van der Waals surface area contributed by atoms with E-state index >= 15 is 0 Å². The van der Waals surface area contributed by atoms with E-state index in [-0.39, 0.29) is 5.41 Å². The average Bonchev–Trinajstić information content (AvgIpc) is 3.26. The fourth-order valence-electron chi connectivity index (χ4n) is 10.2. The molecule has 1 aliphatic rings. The molecule has 0 saturated heterocycles. The van der Waals surface area contributed by atoms with Crippen molar-refractivity contribution in [2.24, 2.45) is 5.92 Å². The van der Waals surface area contributed by atoms with Crippen LogP contribution in [0.4, 0.5) is 11.4 Å². The van der Waals surface area contributed by atoms with E-state index in [1.165, 1.54) is 194 Å². The Morgan fingerprint density at radius 2 is 0.707 bits per heavy atom. The summed E-state index contributed by atoms with van der Waals surface area (Å²) in [5, 5.41) is 0. The molecule has 1 saturated carbocycles. The number of anilines is 2. The Morgan fingerprint density at radius 1 is 0.414 bits per heavy atom. The van der Waals surface area contributed by atoms with E-state index in [1.54, 1.807) is 0 Å². The van der Waals surface area contributed by atoms with Crippen LogP contribution in [0.15, 0.2) is 97.1 Å². The minimum absolute atomic E-state index is 0.0599. The maximum absolute atomic E-state index is 6.17. The fraction of sp³-hybridized carbons (Fsp3) is 0.571. The molecule has 0 aliphatic heterocycles.